The van der Waals surface area contributed by atoms with Gasteiger partial charge in [-0.3, -0.25) is 14.9 Å². The number of carbonyl (C=O) groups is 1. The standard InChI is InChI=1S/C18H20N4O/c1-11-4-5-16-15(8-11)17(12(2)13(3)22-16)18(23)19-7-6-14-9-20-21-10-14/h4-5,8-10H,6-7H2,1-3H3,(H,19,23)(H,20,21). The predicted molar refractivity (Wildman–Crippen MR) is 90.6 cm³/mol. The molecule has 0 aliphatic carbocycles. The van der Waals surface area contributed by atoms with Crippen LogP contribution in [0.25, 0.3) is 10.9 Å². The van der Waals surface area contributed by atoms with Crippen LogP contribution < -0.4 is 5.32 Å². The molecule has 0 spiro atoms. The van der Waals surface area contributed by atoms with Gasteiger partial charge < -0.3 is 5.32 Å². The number of rotatable bonds is 4. The number of aromatic amines is 1. The van der Waals surface area contributed by atoms with Crippen molar-refractivity contribution in [1.82, 2.24) is 20.5 Å². The summed E-state index contributed by atoms with van der Waals surface area (Å²) in [6, 6.07) is 6.02. The zero-order valence-electron chi connectivity index (χ0n) is 13.6. The summed E-state index contributed by atoms with van der Waals surface area (Å²) >= 11 is 0. The Morgan fingerprint density at radius 2 is 2.09 bits per heavy atom. The third-order valence-electron chi connectivity index (χ3n) is 4.11. The minimum Gasteiger partial charge on any atom is -0.352 e. The fourth-order valence-electron chi connectivity index (χ4n) is 2.71. The fourth-order valence-corrected chi connectivity index (χ4v) is 2.71. The molecule has 2 N–H and O–H groups in total. The molecule has 0 atom stereocenters. The number of benzene rings is 1. The number of aromatic nitrogens is 3. The van der Waals surface area contributed by atoms with Crippen LogP contribution in [0.15, 0.2) is 30.6 Å². The molecule has 23 heavy (non-hydrogen) atoms. The van der Waals surface area contributed by atoms with Crippen LogP contribution in [-0.2, 0) is 6.42 Å². The van der Waals surface area contributed by atoms with Crippen LogP contribution in [0.3, 0.4) is 0 Å². The Balaban J connectivity index is 1.89. The second-order valence-electron chi connectivity index (χ2n) is 5.83. The number of aryl methyl sites for hydroxylation is 2. The molecule has 0 fully saturated rings. The summed E-state index contributed by atoms with van der Waals surface area (Å²) in [5.41, 5.74) is 5.61. The van der Waals surface area contributed by atoms with E-state index in [2.05, 4.69) is 20.5 Å². The van der Waals surface area contributed by atoms with E-state index in [9.17, 15) is 4.79 Å². The van der Waals surface area contributed by atoms with Gasteiger partial charge in [0.2, 0.25) is 0 Å². The minimum absolute atomic E-state index is 0.0490. The van der Waals surface area contributed by atoms with Crippen molar-refractivity contribution in [1.29, 1.82) is 0 Å². The van der Waals surface area contributed by atoms with E-state index in [1.807, 2.05) is 45.2 Å². The van der Waals surface area contributed by atoms with Gasteiger partial charge in [-0.05, 0) is 50.5 Å². The number of nitrogens with one attached hydrogen (secondary N) is 2. The summed E-state index contributed by atoms with van der Waals surface area (Å²) in [5, 5.41) is 10.6. The minimum atomic E-state index is -0.0490. The number of pyridine rings is 1. The first-order valence-electron chi connectivity index (χ1n) is 7.69. The normalized spacial score (nSPS) is 10.9. The van der Waals surface area contributed by atoms with Crippen LogP contribution in [0.1, 0.15) is 32.7 Å². The van der Waals surface area contributed by atoms with Crippen molar-refractivity contribution >= 4 is 16.8 Å². The van der Waals surface area contributed by atoms with Crippen LogP contribution in [-0.4, -0.2) is 27.6 Å². The maximum absolute atomic E-state index is 12.7. The third-order valence-corrected chi connectivity index (χ3v) is 4.11. The van der Waals surface area contributed by atoms with Crippen molar-refractivity contribution in [3.8, 4) is 0 Å². The second-order valence-corrected chi connectivity index (χ2v) is 5.83. The zero-order chi connectivity index (χ0) is 16.4. The summed E-state index contributed by atoms with van der Waals surface area (Å²) in [5.74, 6) is -0.0490. The molecule has 2 heterocycles. The summed E-state index contributed by atoms with van der Waals surface area (Å²) in [7, 11) is 0. The van der Waals surface area contributed by atoms with Gasteiger partial charge in [-0.25, -0.2) is 0 Å². The predicted octanol–water partition coefficient (Wildman–Crippen LogP) is 2.86. The Hall–Kier alpha value is -2.69. The van der Waals surface area contributed by atoms with Gasteiger partial charge in [0.05, 0.1) is 17.3 Å². The molecule has 1 aromatic carbocycles. The van der Waals surface area contributed by atoms with E-state index in [-0.39, 0.29) is 5.91 Å². The fraction of sp³-hybridized carbons (Fsp3) is 0.278. The monoisotopic (exact) mass is 308 g/mol. The number of H-pyrrole nitrogens is 1. The van der Waals surface area contributed by atoms with Gasteiger partial charge in [0.1, 0.15) is 0 Å². The van der Waals surface area contributed by atoms with Crippen molar-refractivity contribution in [3.63, 3.8) is 0 Å². The molecule has 0 radical (unpaired) electrons. The topological polar surface area (TPSA) is 70.7 Å². The highest BCUT2D eigenvalue weighted by atomic mass is 16.1. The molecule has 0 saturated heterocycles. The molecule has 0 saturated carbocycles. The summed E-state index contributed by atoms with van der Waals surface area (Å²) in [6.07, 6.45) is 4.36. The smallest absolute Gasteiger partial charge is 0.252 e. The van der Waals surface area contributed by atoms with Gasteiger partial charge in [0, 0.05) is 23.8 Å². The molecule has 1 amide bonds. The molecule has 5 nitrogen and oxygen atoms in total. The first-order valence-corrected chi connectivity index (χ1v) is 7.69. The lowest BCUT2D eigenvalue weighted by Gasteiger charge is -2.13. The zero-order valence-corrected chi connectivity index (χ0v) is 13.6. The Morgan fingerprint density at radius 3 is 2.83 bits per heavy atom. The van der Waals surface area contributed by atoms with E-state index >= 15 is 0 Å². The highest BCUT2D eigenvalue weighted by Gasteiger charge is 2.16. The van der Waals surface area contributed by atoms with Crippen molar-refractivity contribution in [2.24, 2.45) is 0 Å². The molecule has 118 valence electrons. The number of amides is 1. The lowest BCUT2D eigenvalue weighted by molar-refractivity contribution is 0.0955. The molecule has 5 heteroatoms. The van der Waals surface area contributed by atoms with Crippen molar-refractivity contribution in [3.05, 3.63) is 58.5 Å². The number of hydrogen-bond acceptors (Lipinski definition) is 3. The first-order chi connectivity index (χ1) is 11.1. The Labute approximate surface area is 135 Å². The van der Waals surface area contributed by atoms with E-state index < -0.39 is 0 Å². The highest BCUT2D eigenvalue weighted by molar-refractivity contribution is 6.07. The quantitative estimate of drug-likeness (QED) is 0.778. The molecule has 2 aromatic heterocycles. The lowest BCUT2D eigenvalue weighted by Crippen LogP contribution is -2.27. The second kappa shape index (κ2) is 6.20. The molecule has 0 aliphatic heterocycles. The van der Waals surface area contributed by atoms with E-state index in [0.717, 1.165) is 45.3 Å². The van der Waals surface area contributed by atoms with Crippen LogP contribution in [0, 0.1) is 20.8 Å². The van der Waals surface area contributed by atoms with Crippen LogP contribution in [0.5, 0.6) is 0 Å². The van der Waals surface area contributed by atoms with Gasteiger partial charge in [-0.15, -0.1) is 0 Å². The molecule has 3 rings (SSSR count). The average Bonchev–Trinajstić information content (AvgIpc) is 3.02. The van der Waals surface area contributed by atoms with Gasteiger partial charge >= 0.3 is 0 Å². The van der Waals surface area contributed by atoms with E-state index in [4.69, 9.17) is 0 Å². The molecular weight excluding hydrogens is 288 g/mol. The molecule has 3 aromatic rings. The first kappa shape index (κ1) is 15.2. The van der Waals surface area contributed by atoms with Crippen molar-refractivity contribution in [2.75, 3.05) is 6.54 Å². The third kappa shape index (κ3) is 3.08. The summed E-state index contributed by atoms with van der Waals surface area (Å²) in [4.78, 5) is 17.3. The Morgan fingerprint density at radius 1 is 1.26 bits per heavy atom. The largest absolute Gasteiger partial charge is 0.352 e. The van der Waals surface area contributed by atoms with Gasteiger partial charge in [-0.2, -0.15) is 5.10 Å². The summed E-state index contributed by atoms with van der Waals surface area (Å²) < 4.78 is 0. The lowest BCUT2D eigenvalue weighted by atomic mass is 9.99. The van der Waals surface area contributed by atoms with Crippen molar-refractivity contribution < 1.29 is 4.79 Å². The van der Waals surface area contributed by atoms with E-state index in [1.165, 1.54) is 0 Å². The molecule has 0 aliphatic rings. The van der Waals surface area contributed by atoms with E-state index in [0.29, 0.717) is 6.54 Å². The van der Waals surface area contributed by atoms with Gasteiger partial charge in [0.25, 0.3) is 5.91 Å². The van der Waals surface area contributed by atoms with E-state index in [1.54, 1.807) is 6.20 Å². The van der Waals surface area contributed by atoms with Gasteiger partial charge in [-0.1, -0.05) is 11.6 Å². The number of fused-ring (bicyclic) bond motifs is 1. The number of nitrogens with zero attached hydrogens (tertiary/aromatic N) is 2. The maximum atomic E-state index is 12.7. The summed E-state index contributed by atoms with van der Waals surface area (Å²) in [6.45, 7) is 6.49. The number of carbonyl (C=O) groups excluding carboxylic acids is 1. The average molecular weight is 308 g/mol. The molecule has 0 unspecified atom stereocenters. The Bertz CT molecular complexity index is 853. The maximum Gasteiger partial charge on any atom is 0.252 e. The highest BCUT2D eigenvalue weighted by Crippen LogP contribution is 2.24. The van der Waals surface area contributed by atoms with Crippen LogP contribution in [0.2, 0.25) is 0 Å². The van der Waals surface area contributed by atoms with Crippen LogP contribution >= 0.6 is 0 Å². The van der Waals surface area contributed by atoms with Crippen molar-refractivity contribution in [2.45, 2.75) is 27.2 Å². The SMILES string of the molecule is Cc1ccc2nc(C)c(C)c(C(=O)NCCc3cn[nH]c3)c2c1. The van der Waals surface area contributed by atoms with Crippen LogP contribution in [0.4, 0.5) is 0 Å². The molecule has 0 bridgehead atoms. The number of hydrogen-bond donors (Lipinski definition) is 2. The van der Waals surface area contributed by atoms with Gasteiger partial charge in [0.15, 0.2) is 0 Å². The Kier molecular flexibility index (Phi) is 4.10. The molecular formula is C18H20N4O.